The standard InChI is InChI=1S/C16H19N3O6/c1-21-11-7-9(8-12(22-2)13(11)23-3)14(20)17-16-19-18-15(25-16)10-5-4-6-24-10/h7-8,10H,4-6H2,1-3H3,(H,17,19,20)/t10-/m0/s1. The SMILES string of the molecule is COc1cc(C(=O)Nc2nnc([C@@H]3CCCO3)o2)cc(OC)c1OC. The highest BCUT2D eigenvalue weighted by molar-refractivity contribution is 6.04. The topological polar surface area (TPSA) is 105 Å². The minimum atomic E-state index is -0.443. The van der Waals surface area contributed by atoms with Crippen LogP contribution in [0.4, 0.5) is 6.01 Å². The van der Waals surface area contributed by atoms with Crippen LogP contribution in [0.15, 0.2) is 16.5 Å². The minimum Gasteiger partial charge on any atom is -0.493 e. The van der Waals surface area contributed by atoms with E-state index in [1.165, 1.54) is 33.5 Å². The Balaban J connectivity index is 1.79. The number of hydrogen-bond acceptors (Lipinski definition) is 8. The van der Waals surface area contributed by atoms with Gasteiger partial charge in [-0.1, -0.05) is 5.10 Å². The van der Waals surface area contributed by atoms with E-state index in [1.807, 2.05) is 0 Å². The third-order valence-corrected chi connectivity index (χ3v) is 3.79. The van der Waals surface area contributed by atoms with E-state index in [1.54, 1.807) is 0 Å². The fourth-order valence-corrected chi connectivity index (χ4v) is 2.57. The number of benzene rings is 1. The van der Waals surface area contributed by atoms with E-state index in [-0.39, 0.29) is 12.1 Å². The Morgan fingerprint density at radius 2 is 1.88 bits per heavy atom. The summed E-state index contributed by atoms with van der Waals surface area (Å²) < 4.78 is 26.6. The molecule has 0 bridgehead atoms. The van der Waals surface area contributed by atoms with Gasteiger partial charge in [-0.3, -0.25) is 10.1 Å². The van der Waals surface area contributed by atoms with Gasteiger partial charge in [0.15, 0.2) is 11.5 Å². The lowest BCUT2D eigenvalue weighted by atomic mass is 10.1. The molecule has 1 aromatic heterocycles. The Kier molecular flexibility index (Phi) is 5.03. The van der Waals surface area contributed by atoms with Crippen LogP contribution in [0.3, 0.4) is 0 Å². The lowest BCUT2D eigenvalue weighted by Crippen LogP contribution is -2.13. The highest BCUT2D eigenvalue weighted by atomic mass is 16.5. The number of ether oxygens (including phenoxy) is 4. The molecule has 1 amide bonds. The Labute approximate surface area is 144 Å². The first-order valence-electron chi connectivity index (χ1n) is 7.72. The Bertz CT molecular complexity index is 729. The van der Waals surface area contributed by atoms with Crippen molar-refractivity contribution in [2.75, 3.05) is 33.3 Å². The van der Waals surface area contributed by atoms with E-state index < -0.39 is 5.91 Å². The third kappa shape index (κ3) is 3.50. The predicted molar refractivity (Wildman–Crippen MR) is 86.3 cm³/mol. The van der Waals surface area contributed by atoms with E-state index in [2.05, 4.69) is 15.5 Å². The fraction of sp³-hybridized carbons (Fsp3) is 0.438. The average Bonchev–Trinajstić information content (AvgIpc) is 3.31. The van der Waals surface area contributed by atoms with Gasteiger partial charge in [0.2, 0.25) is 11.6 Å². The molecule has 9 nitrogen and oxygen atoms in total. The summed E-state index contributed by atoms with van der Waals surface area (Å²) in [5.74, 6) is 1.06. The Hall–Kier alpha value is -2.81. The second-order valence-corrected chi connectivity index (χ2v) is 5.32. The van der Waals surface area contributed by atoms with Crippen molar-refractivity contribution in [3.63, 3.8) is 0 Å². The van der Waals surface area contributed by atoms with E-state index in [0.717, 1.165) is 12.8 Å². The first-order valence-corrected chi connectivity index (χ1v) is 7.72. The van der Waals surface area contributed by atoms with Crippen LogP contribution in [-0.4, -0.2) is 44.0 Å². The van der Waals surface area contributed by atoms with E-state index in [9.17, 15) is 4.79 Å². The van der Waals surface area contributed by atoms with Crippen molar-refractivity contribution >= 4 is 11.9 Å². The van der Waals surface area contributed by atoms with Crippen LogP contribution >= 0.6 is 0 Å². The van der Waals surface area contributed by atoms with Gasteiger partial charge in [-0.05, 0) is 25.0 Å². The van der Waals surface area contributed by atoms with Gasteiger partial charge < -0.3 is 23.4 Å². The van der Waals surface area contributed by atoms with Crippen molar-refractivity contribution in [2.45, 2.75) is 18.9 Å². The maximum absolute atomic E-state index is 12.5. The van der Waals surface area contributed by atoms with Crippen LogP contribution < -0.4 is 19.5 Å². The van der Waals surface area contributed by atoms with Crippen molar-refractivity contribution in [1.82, 2.24) is 10.2 Å². The summed E-state index contributed by atoms with van der Waals surface area (Å²) in [4.78, 5) is 12.5. The Morgan fingerprint density at radius 1 is 1.16 bits per heavy atom. The molecule has 1 saturated heterocycles. The van der Waals surface area contributed by atoms with Crippen LogP contribution in [0.2, 0.25) is 0 Å². The summed E-state index contributed by atoms with van der Waals surface area (Å²) in [5, 5.41) is 10.3. The van der Waals surface area contributed by atoms with Crippen molar-refractivity contribution in [3.05, 3.63) is 23.6 Å². The molecule has 0 unspecified atom stereocenters. The molecule has 3 rings (SSSR count). The number of carbonyl (C=O) groups is 1. The van der Waals surface area contributed by atoms with Gasteiger partial charge in [0.05, 0.1) is 21.3 Å². The van der Waals surface area contributed by atoms with Crippen molar-refractivity contribution in [1.29, 1.82) is 0 Å². The number of nitrogens with zero attached hydrogens (tertiary/aromatic N) is 2. The van der Waals surface area contributed by atoms with Crippen LogP contribution in [0.1, 0.15) is 35.2 Å². The predicted octanol–water partition coefficient (Wildman–Crippen LogP) is 2.20. The zero-order valence-electron chi connectivity index (χ0n) is 14.2. The number of rotatable bonds is 6. The van der Waals surface area contributed by atoms with Gasteiger partial charge in [-0.15, -0.1) is 5.10 Å². The van der Waals surface area contributed by atoms with Crippen LogP contribution in [-0.2, 0) is 4.74 Å². The summed E-state index contributed by atoms with van der Waals surface area (Å²) in [5.41, 5.74) is 0.298. The van der Waals surface area contributed by atoms with Gasteiger partial charge >= 0.3 is 6.01 Å². The molecule has 2 aromatic rings. The maximum atomic E-state index is 12.5. The lowest BCUT2D eigenvalue weighted by molar-refractivity contribution is 0.0893. The number of anilines is 1. The largest absolute Gasteiger partial charge is 0.493 e. The van der Waals surface area contributed by atoms with E-state index >= 15 is 0 Å². The smallest absolute Gasteiger partial charge is 0.322 e. The molecule has 1 aliphatic rings. The molecule has 25 heavy (non-hydrogen) atoms. The second-order valence-electron chi connectivity index (χ2n) is 5.32. The first kappa shape index (κ1) is 17.0. The molecular formula is C16H19N3O6. The number of nitrogens with one attached hydrogen (secondary N) is 1. The number of aromatic nitrogens is 2. The summed E-state index contributed by atoms with van der Waals surface area (Å²) in [6, 6.07) is 3.08. The molecular weight excluding hydrogens is 330 g/mol. The maximum Gasteiger partial charge on any atom is 0.322 e. The zero-order chi connectivity index (χ0) is 17.8. The van der Waals surface area contributed by atoms with Crippen molar-refractivity contribution < 1.29 is 28.2 Å². The molecule has 1 atom stereocenters. The molecule has 1 fully saturated rings. The quantitative estimate of drug-likeness (QED) is 0.846. The highest BCUT2D eigenvalue weighted by Crippen LogP contribution is 2.38. The molecule has 0 aliphatic carbocycles. The molecule has 1 aliphatic heterocycles. The Morgan fingerprint density at radius 3 is 2.44 bits per heavy atom. The van der Waals surface area contributed by atoms with Gasteiger partial charge in [0.25, 0.3) is 5.91 Å². The molecule has 0 radical (unpaired) electrons. The van der Waals surface area contributed by atoms with Crippen molar-refractivity contribution in [2.24, 2.45) is 0 Å². The van der Waals surface area contributed by atoms with Gasteiger partial charge in [0, 0.05) is 12.2 Å². The molecule has 134 valence electrons. The number of amides is 1. The summed E-state index contributed by atoms with van der Waals surface area (Å²) in [6.45, 7) is 0.667. The number of methoxy groups -OCH3 is 3. The normalized spacial score (nSPS) is 16.5. The average molecular weight is 349 g/mol. The van der Waals surface area contributed by atoms with Crippen molar-refractivity contribution in [3.8, 4) is 17.2 Å². The van der Waals surface area contributed by atoms with Gasteiger partial charge in [0.1, 0.15) is 6.10 Å². The van der Waals surface area contributed by atoms with E-state index in [4.69, 9.17) is 23.4 Å². The monoisotopic (exact) mass is 349 g/mol. The summed E-state index contributed by atoms with van der Waals surface area (Å²) in [7, 11) is 4.45. The highest BCUT2D eigenvalue weighted by Gasteiger charge is 2.24. The first-order chi connectivity index (χ1) is 12.2. The zero-order valence-corrected chi connectivity index (χ0v) is 14.2. The third-order valence-electron chi connectivity index (χ3n) is 3.79. The van der Waals surface area contributed by atoms with E-state index in [0.29, 0.717) is 35.3 Å². The van der Waals surface area contributed by atoms with Crippen LogP contribution in [0.25, 0.3) is 0 Å². The van der Waals surface area contributed by atoms with Crippen LogP contribution in [0, 0.1) is 0 Å². The second kappa shape index (κ2) is 7.39. The lowest BCUT2D eigenvalue weighted by Gasteiger charge is -2.13. The summed E-state index contributed by atoms with van der Waals surface area (Å²) in [6.07, 6.45) is 1.56. The van der Waals surface area contributed by atoms with Gasteiger partial charge in [-0.25, -0.2) is 0 Å². The molecule has 1 aromatic carbocycles. The fourth-order valence-electron chi connectivity index (χ4n) is 2.57. The number of hydrogen-bond donors (Lipinski definition) is 1. The molecule has 9 heteroatoms. The van der Waals surface area contributed by atoms with Crippen LogP contribution in [0.5, 0.6) is 17.2 Å². The molecule has 1 N–H and O–H groups in total. The molecule has 0 spiro atoms. The summed E-state index contributed by atoms with van der Waals surface area (Å²) >= 11 is 0. The molecule has 2 heterocycles. The van der Waals surface area contributed by atoms with Gasteiger partial charge in [-0.2, -0.15) is 0 Å². The minimum absolute atomic E-state index is 0.00394. The number of carbonyl (C=O) groups excluding carboxylic acids is 1. The molecule has 0 saturated carbocycles.